The predicted octanol–water partition coefficient (Wildman–Crippen LogP) is 2.74. The second-order valence-corrected chi connectivity index (χ2v) is 7.38. The van der Waals surface area contributed by atoms with Crippen molar-refractivity contribution in [3.63, 3.8) is 0 Å². The molecule has 4 aromatic rings. The van der Waals surface area contributed by atoms with Crippen LogP contribution < -0.4 is 10.1 Å². The molecule has 2 aromatic heterocycles. The van der Waals surface area contributed by atoms with Gasteiger partial charge in [-0.25, -0.2) is 4.39 Å². The molecule has 0 aliphatic heterocycles. The zero-order valence-corrected chi connectivity index (χ0v) is 16.9. The Labute approximate surface area is 175 Å². The second-order valence-electron chi connectivity index (χ2n) is 6.44. The first-order valence-corrected chi connectivity index (χ1v) is 10.2. The normalized spacial score (nSPS) is 11.0. The highest BCUT2D eigenvalue weighted by molar-refractivity contribution is 7.99. The predicted molar refractivity (Wildman–Crippen MR) is 111 cm³/mol. The largest absolute Gasteiger partial charge is 0.497 e. The van der Waals surface area contributed by atoms with Crippen LogP contribution in [-0.2, 0) is 11.2 Å². The van der Waals surface area contributed by atoms with Gasteiger partial charge in [0.2, 0.25) is 11.1 Å². The summed E-state index contributed by atoms with van der Waals surface area (Å²) < 4.78 is 20.5. The highest BCUT2D eigenvalue weighted by atomic mass is 32.2. The third-order valence-electron chi connectivity index (χ3n) is 4.54. The lowest BCUT2D eigenvalue weighted by Gasteiger charge is -2.06. The quantitative estimate of drug-likeness (QED) is 0.421. The van der Waals surface area contributed by atoms with Gasteiger partial charge in [-0.15, -0.1) is 5.10 Å². The molecule has 154 valence electrons. The number of aromatic nitrogens is 5. The van der Waals surface area contributed by atoms with Crippen LogP contribution in [0.5, 0.6) is 5.75 Å². The van der Waals surface area contributed by atoms with Crippen molar-refractivity contribution >= 4 is 28.6 Å². The number of nitrogens with one attached hydrogen (secondary N) is 2. The standard InChI is InChI=1S/C20H19FN6O2S/c1-29-14-6-7-15-13(11-23-17(15)10-14)8-9-22-19(28)12-30-20-24-25-26-27(20)18-5-3-2-4-16(18)21/h2-7,10-11,23H,8-9,12H2,1H3,(H,22,28). The molecule has 4 rings (SSSR count). The van der Waals surface area contributed by atoms with Crippen molar-refractivity contribution < 1.29 is 13.9 Å². The van der Waals surface area contributed by atoms with Crippen LogP contribution in [0.4, 0.5) is 4.39 Å². The summed E-state index contributed by atoms with van der Waals surface area (Å²) in [6.45, 7) is 0.497. The minimum atomic E-state index is -0.438. The lowest BCUT2D eigenvalue weighted by Crippen LogP contribution is -2.27. The number of halogens is 1. The van der Waals surface area contributed by atoms with Crippen molar-refractivity contribution in [2.45, 2.75) is 11.6 Å². The maximum Gasteiger partial charge on any atom is 0.230 e. The summed E-state index contributed by atoms with van der Waals surface area (Å²) in [4.78, 5) is 15.4. The number of carbonyl (C=O) groups is 1. The van der Waals surface area contributed by atoms with Crippen molar-refractivity contribution in [2.75, 3.05) is 19.4 Å². The van der Waals surface area contributed by atoms with E-state index in [0.29, 0.717) is 18.1 Å². The summed E-state index contributed by atoms with van der Waals surface area (Å²) >= 11 is 1.15. The number of rotatable bonds is 8. The number of fused-ring (bicyclic) bond motifs is 1. The number of ether oxygens (including phenoxy) is 1. The average molecular weight is 426 g/mol. The number of carbonyl (C=O) groups excluding carboxylic acids is 1. The van der Waals surface area contributed by atoms with Crippen molar-refractivity contribution in [1.29, 1.82) is 0 Å². The van der Waals surface area contributed by atoms with Gasteiger partial charge in [-0.3, -0.25) is 4.79 Å². The van der Waals surface area contributed by atoms with Crippen LogP contribution in [0, 0.1) is 5.82 Å². The number of H-pyrrole nitrogens is 1. The summed E-state index contributed by atoms with van der Waals surface area (Å²) in [5.74, 6) is 0.330. The molecule has 1 amide bonds. The van der Waals surface area contributed by atoms with Gasteiger partial charge in [-0.05, 0) is 46.7 Å². The molecule has 0 saturated carbocycles. The van der Waals surface area contributed by atoms with Crippen LogP contribution >= 0.6 is 11.8 Å². The first-order valence-electron chi connectivity index (χ1n) is 9.22. The first kappa shape index (κ1) is 19.9. The van der Waals surface area contributed by atoms with Gasteiger partial charge in [-0.1, -0.05) is 23.9 Å². The van der Waals surface area contributed by atoms with Gasteiger partial charge in [0.25, 0.3) is 0 Å². The van der Waals surface area contributed by atoms with Crippen LogP contribution in [0.25, 0.3) is 16.6 Å². The Bertz CT molecular complexity index is 1180. The number of thioether (sulfide) groups is 1. The Morgan fingerprint density at radius 2 is 2.17 bits per heavy atom. The number of hydrogen-bond acceptors (Lipinski definition) is 6. The molecule has 0 atom stereocenters. The fraction of sp³-hybridized carbons (Fsp3) is 0.200. The van der Waals surface area contributed by atoms with Crippen molar-refractivity contribution in [3.8, 4) is 11.4 Å². The number of hydrogen-bond donors (Lipinski definition) is 2. The number of nitrogens with zero attached hydrogens (tertiary/aromatic N) is 4. The smallest absolute Gasteiger partial charge is 0.230 e. The van der Waals surface area contributed by atoms with Gasteiger partial charge in [0.05, 0.1) is 12.9 Å². The molecule has 0 spiro atoms. The number of amides is 1. The Hall–Kier alpha value is -3.40. The number of benzene rings is 2. The highest BCUT2D eigenvalue weighted by Gasteiger charge is 2.14. The average Bonchev–Trinajstić information content (AvgIpc) is 3.39. The van der Waals surface area contributed by atoms with Crippen molar-refractivity contribution in [3.05, 3.63) is 60.0 Å². The van der Waals surface area contributed by atoms with Gasteiger partial charge in [0.1, 0.15) is 17.3 Å². The molecular formula is C20H19FN6O2S. The molecule has 2 N–H and O–H groups in total. The van der Waals surface area contributed by atoms with E-state index in [2.05, 4.69) is 25.8 Å². The van der Waals surface area contributed by atoms with Crippen molar-refractivity contribution in [1.82, 2.24) is 30.5 Å². The van der Waals surface area contributed by atoms with Crippen LogP contribution in [0.2, 0.25) is 0 Å². The molecule has 0 aliphatic carbocycles. The Kier molecular flexibility index (Phi) is 5.94. The summed E-state index contributed by atoms with van der Waals surface area (Å²) in [5.41, 5.74) is 2.34. The van der Waals surface area contributed by atoms with E-state index in [-0.39, 0.29) is 17.3 Å². The molecule has 2 heterocycles. The van der Waals surface area contributed by atoms with Crippen LogP contribution in [0.3, 0.4) is 0 Å². The van der Waals surface area contributed by atoms with Gasteiger partial charge < -0.3 is 15.0 Å². The Morgan fingerprint density at radius 1 is 1.30 bits per heavy atom. The fourth-order valence-corrected chi connectivity index (χ4v) is 3.77. The van der Waals surface area contributed by atoms with Crippen LogP contribution in [0.15, 0.2) is 53.8 Å². The van der Waals surface area contributed by atoms with E-state index in [1.54, 1.807) is 25.3 Å². The van der Waals surface area contributed by atoms with E-state index in [1.807, 2.05) is 24.4 Å². The van der Waals surface area contributed by atoms with Gasteiger partial charge in [0.15, 0.2) is 0 Å². The summed E-state index contributed by atoms with van der Waals surface area (Å²) in [5, 5.41) is 15.6. The SMILES string of the molecule is COc1ccc2c(CCNC(=O)CSc3nnnn3-c3ccccc3F)c[nH]c2c1. The molecular weight excluding hydrogens is 407 g/mol. The molecule has 0 bridgehead atoms. The molecule has 0 saturated heterocycles. The maximum absolute atomic E-state index is 14.0. The fourth-order valence-electron chi connectivity index (χ4n) is 3.06. The third-order valence-corrected chi connectivity index (χ3v) is 5.46. The van der Waals surface area contributed by atoms with Crippen LogP contribution in [0.1, 0.15) is 5.56 Å². The number of para-hydroxylation sites is 1. The first-order chi connectivity index (χ1) is 14.7. The number of tetrazole rings is 1. The number of aromatic amines is 1. The monoisotopic (exact) mass is 426 g/mol. The maximum atomic E-state index is 14.0. The summed E-state index contributed by atoms with van der Waals surface area (Å²) in [6, 6.07) is 12.0. The molecule has 0 radical (unpaired) electrons. The zero-order valence-electron chi connectivity index (χ0n) is 16.1. The lowest BCUT2D eigenvalue weighted by molar-refractivity contribution is -0.118. The minimum Gasteiger partial charge on any atom is -0.497 e. The summed E-state index contributed by atoms with van der Waals surface area (Å²) in [6.07, 6.45) is 2.63. The number of methoxy groups -OCH3 is 1. The van der Waals surface area contributed by atoms with E-state index in [1.165, 1.54) is 10.7 Å². The third kappa shape index (κ3) is 4.28. The topological polar surface area (TPSA) is 97.7 Å². The lowest BCUT2D eigenvalue weighted by atomic mass is 10.1. The van der Waals surface area contributed by atoms with Gasteiger partial charge >= 0.3 is 0 Å². The van der Waals surface area contributed by atoms with E-state index in [4.69, 9.17) is 4.74 Å². The van der Waals surface area contributed by atoms with Gasteiger partial charge in [-0.2, -0.15) is 4.68 Å². The Morgan fingerprint density at radius 3 is 3.00 bits per heavy atom. The molecule has 0 aliphatic rings. The van der Waals surface area contributed by atoms with Gasteiger partial charge in [0, 0.05) is 29.7 Å². The summed E-state index contributed by atoms with van der Waals surface area (Å²) in [7, 11) is 1.63. The van der Waals surface area contributed by atoms with E-state index >= 15 is 0 Å². The van der Waals surface area contributed by atoms with E-state index in [0.717, 1.165) is 34.0 Å². The highest BCUT2D eigenvalue weighted by Crippen LogP contribution is 2.23. The Balaban J connectivity index is 1.31. The molecule has 30 heavy (non-hydrogen) atoms. The molecule has 8 nitrogen and oxygen atoms in total. The van der Waals surface area contributed by atoms with Crippen molar-refractivity contribution in [2.24, 2.45) is 0 Å². The zero-order chi connectivity index (χ0) is 20.9. The molecule has 0 unspecified atom stereocenters. The molecule has 2 aromatic carbocycles. The molecule has 0 fully saturated rings. The second kappa shape index (κ2) is 8.95. The van der Waals surface area contributed by atoms with E-state index < -0.39 is 5.82 Å². The van der Waals surface area contributed by atoms with Crippen LogP contribution in [-0.4, -0.2) is 50.5 Å². The minimum absolute atomic E-state index is 0.125. The molecule has 10 heteroatoms. The van der Waals surface area contributed by atoms with E-state index in [9.17, 15) is 9.18 Å².